The third-order valence-electron chi connectivity index (χ3n) is 2.94. The molecule has 2 rings (SSSR count). The second kappa shape index (κ2) is 5.56. The number of rotatable bonds is 4. The van der Waals surface area contributed by atoms with Crippen LogP contribution in [0.1, 0.15) is 19.8 Å². The summed E-state index contributed by atoms with van der Waals surface area (Å²) in [5, 5.41) is 3.76. The quantitative estimate of drug-likeness (QED) is 0.809. The minimum atomic E-state index is 0.346. The molecule has 94 valence electrons. The standard InChI is InChI=1S/C12H19ClN4/c1-9(8-17-4-2-3-5-17)15-12-7-10(14)6-11(13)16-12/h6-7,9H,2-5,8H2,1H3,(H3,14,15,16). The summed E-state index contributed by atoms with van der Waals surface area (Å²) in [7, 11) is 0. The molecule has 1 aromatic heterocycles. The number of pyridine rings is 1. The molecule has 0 aromatic carbocycles. The number of nitrogen functional groups attached to an aromatic ring is 1. The third kappa shape index (κ3) is 3.75. The van der Waals surface area contributed by atoms with Crippen molar-refractivity contribution in [3.63, 3.8) is 0 Å². The second-order valence-corrected chi connectivity index (χ2v) is 5.05. The highest BCUT2D eigenvalue weighted by Gasteiger charge is 2.14. The minimum absolute atomic E-state index is 0.346. The molecule has 1 atom stereocenters. The monoisotopic (exact) mass is 254 g/mol. The minimum Gasteiger partial charge on any atom is -0.399 e. The Labute approximate surface area is 107 Å². The third-order valence-corrected chi connectivity index (χ3v) is 3.14. The van der Waals surface area contributed by atoms with Crippen LogP contribution in [0, 0.1) is 0 Å². The van der Waals surface area contributed by atoms with Gasteiger partial charge in [0.1, 0.15) is 11.0 Å². The van der Waals surface area contributed by atoms with Gasteiger partial charge < -0.3 is 16.0 Å². The Bertz CT molecular complexity index is 357. The number of anilines is 2. The number of hydrogen-bond acceptors (Lipinski definition) is 4. The van der Waals surface area contributed by atoms with Gasteiger partial charge in [0.15, 0.2) is 0 Å². The maximum Gasteiger partial charge on any atom is 0.133 e. The lowest BCUT2D eigenvalue weighted by Gasteiger charge is -2.21. The predicted octanol–water partition coefficient (Wildman–Crippen LogP) is 2.21. The van der Waals surface area contributed by atoms with Crippen LogP contribution in [-0.4, -0.2) is 35.6 Å². The molecule has 4 nitrogen and oxygen atoms in total. The van der Waals surface area contributed by atoms with Crippen LogP contribution < -0.4 is 11.1 Å². The van der Waals surface area contributed by atoms with E-state index in [0.29, 0.717) is 16.9 Å². The molecule has 3 N–H and O–H groups in total. The SMILES string of the molecule is CC(CN1CCCC1)Nc1cc(N)cc(Cl)n1. The van der Waals surface area contributed by atoms with Gasteiger partial charge in [-0.05, 0) is 38.9 Å². The Morgan fingerprint density at radius 1 is 1.47 bits per heavy atom. The van der Waals surface area contributed by atoms with Gasteiger partial charge in [-0.1, -0.05) is 11.6 Å². The van der Waals surface area contributed by atoms with Crippen LogP contribution in [0.5, 0.6) is 0 Å². The highest BCUT2D eigenvalue weighted by Crippen LogP contribution is 2.17. The van der Waals surface area contributed by atoms with Crippen molar-refractivity contribution in [2.24, 2.45) is 0 Å². The first-order chi connectivity index (χ1) is 8.13. The molecular weight excluding hydrogens is 236 g/mol. The van der Waals surface area contributed by atoms with Gasteiger partial charge in [0, 0.05) is 24.3 Å². The topological polar surface area (TPSA) is 54.2 Å². The molecule has 0 aliphatic carbocycles. The Morgan fingerprint density at radius 3 is 2.82 bits per heavy atom. The van der Waals surface area contributed by atoms with Gasteiger partial charge in [-0.25, -0.2) is 4.98 Å². The van der Waals surface area contributed by atoms with E-state index in [4.69, 9.17) is 17.3 Å². The van der Waals surface area contributed by atoms with E-state index >= 15 is 0 Å². The fraction of sp³-hybridized carbons (Fsp3) is 0.583. The van der Waals surface area contributed by atoms with E-state index in [0.717, 1.165) is 12.4 Å². The van der Waals surface area contributed by atoms with Gasteiger partial charge in [-0.3, -0.25) is 0 Å². The van der Waals surface area contributed by atoms with Crippen LogP contribution in [0.15, 0.2) is 12.1 Å². The Kier molecular flexibility index (Phi) is 4.07. The molecule has 1 aliphatic heterocycles. The molecule has 1 saturated heterocycles. The zero-order chi connectivity index (χ0) is 12.3. The molecule has 0 radical (unpaired) electrons. The molecule has 5 heteroatoms. The van der Waals surface area contributed by atoms with Gasteiger partial charge in [0.2, 0.25) is 0 Å². The molecule has 0 saturated carbocycles. The summed E-state index contributed by atoms with van der Waals surface area (Å²) >= 11 is 5.86. The molecule has 2 heterocycles. The molecular formula is C12H19ClN4. The van der Waals surface area contributed by atoms with E-state index < -0.39 is 0 Å². The lowest BCUT2D eigenvalue weighted by molar-refractivity contribution is 0.327. The smallest absolute Gasteiger partial charge is 0.133 e. The molecule has 17 heavy (non-hydrogen) atoms. The van der Waals surface area contributed by atoms with E-state index in [9.17, 15) is 0 Å². The fourth-order valence-electron chi connectivity index (χ4n) is 2.24. The molecule has 0 amide bonds. The van der Waals surface area contributed by atoms with Crippen LogP contribution in [-0.2, 0) is 0 Å². The summed E-state index contributed by atoms with van der Waals surface area (Å²) in [6.45, 7) is 5.60. The van der Waals surface area contributed by atoms with Crippen molar-refractivity contribution in [2.45, 2.75) is 25.8 Å². The number of hydrogen-bond donors (Lipinski definition) is 2. The van der Waals surface area contributed by atoms with E-state index in [1.54, 1.807) is 6.07 Å². The highest BCUT2D eigenvalue weighted by atomic mass is 35.5. The molecule has 1 fully saturated rings. The lowest BCUT2D eigenvalue weighted by atomic mass is 10.3. The predicted molar refractivity (Wildman–Crippen MR) is 72.4 cm³/mol. The van der Waals surface area contributed by atoms with Gasteiger partial charge >= 0.3 is 0 Å². The zero-order valence-corrected chi connectivity index (χ0v) is 10.9. The number of aromatic nitrogens is 1. The maximum absolute atomic E-state index is 5.86. The molecule has 0 spiro atoms. The van der Waals surface area contributed by atoms with Crippen molar-refractivity contribution in [3.05, 3.63) is 17.3 Å². The number of halogens is 1. The summed E-state index contributed by atoms with van der Waals surface area (Å²) in [5.41, 5.74) is 6.36. The zero-order valence-electron chi connectivity index (χ0n) is 10.1. The summed E-state index contributed by atoms with van der Waals surface area (Å²) in [6.07, 6.45) is 2.63. The Hall–Kier alpha value is -1.00. The van der Waals surface area contributed by atoms with Crippen molar-refractivity contribution >= 4 is 23.1 Å². The molecule has 1 aliphatic rings. The van der Waals surface area contributed by atoms with Gasteiger partial charge in [0.25, 0.3) is 0 Å². The van der Waals surface area contributed by atoms with Crippen molar-refractivity contribution in [1.29, 1.82) is 0 Å². The van der Waals surface area contributed by atoms with Crippen LogP contribution in [0.25, 0.3) is 0 Å². The fourth-order valence-corrected chi connectivity index (χ4v) is 2.46. The summed E-state index contributed by atoms with van der Waals surface area (Å²) in [4.78, 5) is 6.67. The summed E-state index contributed by atoms with van der Waals surface area (Å²) in [5.74, 6) is 0.752. The van der Waals surface area contributed by atoms with Crippen molar-refractivity contribution in [3.8, 4) is 0 Å². The van der Waals surface area contributed by atoms with E-state index in [1.807, 2.05) is 6.07 Å². The largest absolute Gasteiger partial charge is 0.399 e. The Morgan fingerprint density at radius 2 is 2.18 bits per heavy atom. The van der Waals surface area contributed by atoms with E-state index in [-0.39, 0.29) is 0 Å². The lowest BCUT2D eigenvalue weighted by Crippen LogP contribution is -2.33. The van der Waals surface area contributed by atoms with Crippen molar-refractivity contribution in [1.82, 2.24) is 9.88 Å². The summed E-state index contributed by atoms with van der Waals surface area (Å²) < 4.78 is 0. The van der Waals surface area contributed by atoms with Gasteiger partial charge in [-0.15, -0.1) is 0 Å². The second-order valence-electron chi connectivity index (χ2n) is 4.66. The van der Waals surface area contributed by atoms with Crippen LogP contribution >= 0.6 is 11.6 Å². The number of nitrogens with two attached hydrogens (primary N) is 1. The molecule has 1 unspecified atom stereocenters. The van der Waals surface area contributed by atoms with E-state index in [2.05, 4.69) is 22.1 Å². The first-order valence-electron chi connectivity index (χ1n) is 6.05. The maximum atomic E-state index is 5.86. The van der Waals surface area contributed by atoms with Crippen molar-refractivity contribution in [2.75, 3.05) is 30.7 Å². The van der Waals surface area contributed by atoms with Crippen molar-refractivity contribution < 1.29 is 0 Å². The number of nitrogens with zero attached hydrogens (tertiary/aromatic N) is 2. The van der Waals surface area contributed by atoms with Crippen LogP contribution in [0.2, 0.25) is 5.15 Å². The number of likely N-dealkylation sites (tertiary alicyclic amines) is 1. The molecule has 0 bridgehead atoms. The Balaban J connectivity index is 1.90. The summed E-state index contributed by atoms with van der Waals surface area (Å²) in [6, 6.07) is 3.81. The van der Waals surface area contributed by atoms with Gasteiger partial charge in [-0.2, -0.15) is 0 Å². The highest BCUT2D eigenvalue weighted by molar-refractivity contribution is 6.29. The first kappa shape index (κ1) is 12.5. The van der Waals surface area contributed by atoms with Crippen LogP contribution in [0.3, 0.4) is 0 Å². The average molecular weight is 255 g/mol. The average Bonchev–Trinajstić information content (AvgIpc) is 2.67. The van der Waals surface area contributed by atoms with Crippen LogP contribution in [0.4, 0.5) is 11.5 Å². The van der Waals surface area contributed by atoms with Gasteiger partial charge in [0.05, 0.1) is 0 Å². The molecule has 1 aromatic rings. The number of nitrogens with one attached hydrogen (secondary N) is 1. The normalized spacial score (nSPS) is 18.2. The first-order valence-corrected chi connectivity index (χ1v) is 6.43. The van der Waals surface area contributed by atoms with E-state index in [1.165, 1.54) is 25.9 Å².